The van der Waals surface area contributed by atoms with Crippen molar-refractivity contribution in [2.24, 2.45) is 5.92 Å². The molecular formula is C20H22OS. The molecule has 0 aromatic heterocycles. The molecule has 0 radical (unpaired) electrons. The van der Waals surface area contributed by atoms with Crippen LogP contribution in [0.3, 0.4) is 0 Å². The Hall–Kier alpha value is -1.85. The summed E-state index contributed by atoms with van der Waals surface area (Å²) >= 11 is 1.81. The van der Waals surface area contributed by atoms with E-state index in [4.69, 9.17) is 4.74 Å². The molecule has 1 nitrogen and oxygen atoms in total. The second-order valence-electron chi connectivity index (χ2n) is 5.62. The van der Waals surface area contributed by atoms with Gasteiger partial charge < -0.3 is 4.74 Å². The van der Waals surface area contributed by atoms with E-state index in [-0.39, 0.29) is 0 Å². The number of rotatable bonds is 5. The van der Waals surface area contributed by atoms with Gasteiger partial charge in [-0.2, -0.15) is 11.8 Å². The molecule has 2 aromatic rings. The Morgan fingerprint density at radius 1 is 1.00 bits per heavy atom. The van der Waals surface area contributed by atoms with Gasteiger partial charge in [-0.05, 0) is 48.1 Å². The maximum Gasteiger partial charge on any atom is 0.120 e. The summed E-state index contributed by atoms with van der Waals surface area (Å²) < 4.78 is 5.87. The molecule has 114 valence electrons. The monoisotopic (exact) mass is 310 g/mol. The van der Waals surface area contributed by atoms with Gasteiger partial charge >= 0.3 is 0 Å². The van der Waals surface area contributed by atoms with Crippen LogP contribution < -0.4 is 4.74 Å². The first-order valence-electron chi connectivity index (χ1n) is 7.50. The average molecular weight is 310 g/mol. The third-order valence-corrected chi connectivity index (χ3v) is 3.61. The van der Waals surface area contributed by atoms with Crippen molar-refractivity contribution in [3.8, 4) is 17.6 Å². The van der Waals surface area contributed by atoms with Crippen molar-refractivity contribution < 1.29 is 4.74 Å². The molecule has 0 atom stereocenters. The van der Waals surface area contributed by atoms with Gasteiger partial charge in [0.25, 0.3) is 0 Å². The molecular weight excluding hydrogens is 288 g/mol. The van der Waals surface area contributed by atoms with Crippen LogP contribution in [0.15, 0.2) is 48.5 Å². The molecule has 0 aliphatic heterocycles. The summed E-state index contributed by atoms with van der Waals surface area (Å²) in [5.41, 5.74) is 3.29. The summed E-state index contributed by atoms with van der Waals surface area (Å²) in [4.78, 5) is 0. The van der Waals surface area contributed by atoms with Crippen LogP contribution in [0.2, 0.25) is 0 Å². The van der Waals surface area contributed by atoms with Crippen LogP contribution in [0.5, 0.6) is 5.75 Å². The summed E-state index contributed by atoms with van der Waals surface area (Å²) in [7, 11) is 0. The largest absolute Gasteiger partial charge is 0.493 e. The number of ether oxygens (including phenoxy) is 1. The number of benzene rings is 2. The Morgan fingerprint density at radius 2 is 1.73 bits per heavy atom. The van der Waals surface area contributed by atoms with Crippen molar-refractivity contribution in [1.82, 2.24) is 0 Å². The topological polar surface area (TPSA) is 9.23 Å². The minimum absolute atomic E-state index is 0.517. The molecule has 0 bridgehead atoms. The van der Waals surface area contributed by atoms with Crippen LogP contribution in [-0.4, -0.2) is 12.9 Å². The zero-order chi connectivity index (χ0) is 15.8. The van der Waals surface area contributed by atoms with Crippen molar-refractivity contribution in [3.63, 3.8) is 0 Å². The fourth-order valence-electron chi connectivity index (χ4n) is 1.99. The molecule has 0 amide bonds. The van der Waals surface area contributed by atoms with Gasteiger partial charge in [-0.15, -0.1) is 0 Å². The normalized spacial score (nSPS) is 10.2. The highest BCUT2D eigenvalue weighted by atomic mass is 32.2. The smallest absolute Gasteiger partial charge is 0.120 e. The Labute approximate surface area is 138 Å². The first-order valence-corrected chi connectivity index (χ1v) is 8.89. The fraction of sp³-hybridized carbons (Fsp3) is 0.300. The Bertz CT molecular complexity index is 650. The van der Waals surface area contributed by atoms with Gasteiger partial charge in [0, 0.05) is 16.9 Å². The molecule has 0 N–H and O–H groups in total. The first-order chi connectivity index (χ1) is 10.7. The summed E-state index contributed by atoms with van der Waals surface area (Å²) in [6.07, 6.45) is 2.11. The van der Waals surface area contributed by atoms with Crippen LogP contribution >= 0.6 is 11.8 Å². The van der Waals surface area contributed by atoms with Gasteiger partial charge in [-0.1, -0.05) is 43.9 Å². The lowest BCUT2D eigenvalue weighted by Gasteiger charge is -2.10. The van der Waals surface area contributed by atoms with Crippen LogP contribution in [0.25, 0.3) is 0 Å². The van der Waals surface area contributed by atoms with E-state index in [1.807, 2.05) is 48.2 Å². The summed E-state index contributed by atoms with van der Waals surface area (Å²) in [6.45, 7) is 5.04. The third-order valence-electron chi connectivity index (χ3n) is 2.99. The van der Waals surface area contributed by atoms with E-state index in [1.165, 1.54) is 5.56 Å². The van der Waals surface area contributed by atoms with Crippen molar-refractivity contribution >= 4 is 11.8 Å². The Balaban J connectivity index is 2.24. The van der Waals surface area contributed by atoms with E-state index in [0.29, 0.717) is 5.92 Å². The summed E-state index contributed by atoms with van der Waals surface area (Å²) in [6, 6.07) is 16.4. The average Bonchev–Trinajstić information content (AvgIpc) is 2.52. The molecule has 0 unspecified atom stereocenters. The Kier molecular flexibility index (Phi) is 6.43. The third kappa shape index (κ3) is 5.50. The highest BCUT2D eigenvalue weighted by Gasteiger charge is 2.02. The van der Waals surface area contributed by atoms with E-state index in [1.54, 1.807) is 0 Å². The first kappa shape index (κ1) is 16.5. The molecule has 2 rings (SSSR count). The van der Waals surface area contributed by atoms with E-state index < -0.39 is 0 Å². The summed E-state index contributed by atoms with van der Waals surface area (Å²) in [5, 5.41) is 0. The predicted molar refractivity (Wildman–Crippen MR) is 96.4 cm³/mol. The van der Waals surface area contributed by atoms with Crippen molar-refractivity contribution in [2.45, 2.75) is 19.6 Å². The molecule has 0 fully saturated rings. The van der Waals surface area contributed by atoms with E-state index in [2.05, 4.69) is 44.1 Å². The van der Waals surface area contributed by atoms with E-state index in [9.17, 15) is 0 Å². The highest BCUT2D eigenvalue weighted by molar-refractivity contribution is 7.97. The molecule has 0 aliphatic rings. The SMILES string of the molecule is CSCc1cc(C#Cc2ccccc2)cc(OCC(C)C)c1. The lowest BCUT2D eigenvalue weighted by molar-refractivity contribution is 0.271. The second-order valence-corrected chi connectivity index (χ2v) is 6.49. The molecule has 0 saturated heterocycles. The van der Waals surface area contributed by atoms with Gasteiger partial charge in [0.05, 0.1) is 6.61 Å². The van der Waals surface area contributed by atoms with Crippen LogP contribution in [0.4, 0.5) is 0 Å². The predicted octanol–water partition coefficient (Wildman–Crippen LogP) is 4.98. The van der Waals surface area contributed by atoms with Crippen molar-refractivity contribution in [2.75, 3.05) is 12.9 Å². The molecule has 0 heterocycles. The highest BCUT2D eigenvalue weighted by Crippen LogP contribution is 2.20. The molecule has 0 spiro atoms. The van der Waals surface area contributed by atoms with E-state index >= 15 is 0 Å². The maximum absolute atomic E-state index is 5.87. The van der Waals surface area contributed by atoms with Crippen molar-refractivity contribution in [3.05, 3.63) is 65.2 Å². The van der Waals surface area contributed by atoms with Crippen LogP contribution in [-0.2, 0) is 5.75 Å². The molecule has 22 heavy (non-hydrogen) atoms. The minimum Gasteiger partial charge on any atom is -0.493 e. The lowest BCUT2D eigenvalue weighted by Crippen LogP contribution is -2.04. The molecule has 2 heteroatoms. The van der Waals surface area contributed by atoms with Crippen LogP contribution in [0, 0.1) is 17.8 Å². The number of thioether (sulfide) groups is 1. The van der Waals surface area contributed by atoms with Gasteiger partial charge in [0.2, 0.25) is 0 Å². The lowest BCUT2D eigenvalue weighted by atomic mass is 10.1. The zero-order valence-corrected chi connectivity index (χ0v) is 14.2. The minimum atomic E-state index is 0.517. The molecule has 2 aromatic carbocycles. The number of hydrogen-bond donors (Lipinski definition) is 0. The van der Waals surface area contributed by atoms with Gasteiger partial charge in [0.15, 0.2) is 0 Å². The van der Waals surface area contributed by atoms with Crippen LogP contribution in [0.1, 0.15) is 30.5 Å². The quantitative estimate of drug-likeness (QED) is 0.720. The van der Waals surface area contributed by atoms with Gasteiger partial charge in [-0.3, -0.25) is 0 Å². The van der Waals surface area contributed by atoms with E-state index in [0.717, 1.165) is 29.2 Å². The van der Waals surface area contributed by atoms with Gasteiger partial charge in [-0.25, -0.2) is 0 Å². The summed E-state index contributed by atoms with van der Waals surface area (Å²) in [5.74, 6) is 8.86. The fourth-order valence-corrected chi connectivity index (χ4v) is 2.49. The zero-order valence-electron chi connectivity index (χ0n) is 13.4. The molecule has 0 aliphatic carbocycles. The second kappa shape index (κ2) is 8.56. The maximum atomic E-state index is 5.87. The van der Waals surface area contributed by atoms with Crippen molar-refractivity contribution in [1.29, 1.82) is 0 Å². The Morgan fingerprint density at radius 3 is 2.41 bits per heavy atom. The van der Waals surface area contributed by atoms with Gasteiger partial charge in [0.1, 0.15) is 5.75 Å². The number of hydrogen-bond acceptors (Lipinski definition) is 2. The standard InChI is InChI=1S/C20H22OS/c1-16(2)14-21-20-12-18(11-19(13-20)15-22-3)10-9-17-7-5-4-6-8-17/h4-8,11-13,16H,14-15H2,1-3H3. The molecule has 0 saturated carbocycles.